The zero-order chi connectivity index (χ0) is 18.3. The van der Waals surface area contributed by atoms with E-state index in [-0.39, 0.29) is 29.1 Å². The Morgan fingerprint density at radius 3 is 2.46 bits per heavy atom. The summed E-state index contributed by atoms with van der Waals surface area (Å²) in [4.78, 5) is 11.3. The number of carboxylic acids is 1. The Kier molecular flexibility index (Phi) is 7.65. The van der Waals surface area contributed by atoms with E-state index in [1.807, 2.05) is 27.7 Å². The lowest BCUT2D eigenvalue weighted by Crippen LogP contribution is -2.26. The number of benzene rings is 1. The van der Waals surface area contributed by atoms with Crippen LogP contribution < -0.4 is 10.0 Å². The van der Waals surface area contributed by atoms with Gasteiger partial charge in [-0.3, -0.25) is 0 Å². The van der Waals surface area contributed by atoms with E-state index in [0.717, 1.165) is 0 Å². The van der Waals surface area contributed by atoms with Gasteiger partial charge in [0.2, 0.25) is 10.0 Å². The fourth-order valence-corrected chi connectivity index (χ4v) is 3.09. The lowest BCUT2D eigenvalue weighted by Gasteiger charge is -2.14. The summed E-state index contributed by atoms with van der Waals surface area (Å²) in [6, 6.07) is 4.06. The molecule has 7 nitrogen and oxygen atoms in total. The van der Waals surface area contributed by atoms with Crippen molar-refractivity contribution in [2.45, 2.75) is 51.2 Å². The number of nitrogens with one attached hydrogen (secondary N) is 2. The maximum atomic E-state index is 12.3. The summed E-state index contributed by atoms with van der Waals surface area (Å²) in [7, 11) is -3.76. The van der Waals surface area contributed by atoms with Gasteiger partial charge in [0, 0.05) is 24.9 Å². The van der Waals surface area contributed by atoms with Gasteiger partial charge in [-0.2, -0.15) is 0 Å². The highest BCUT2D eigenvalue weighted by Gasteiger charge is 2.19. The van der Waals surface area contributed by atoms with Crippen LogP contribution >= 0.6 is 0 Å². The van der Waals surface area contributed by atoms with Crippen molar-refractivity contribution in [1.82, 2.24) is 4.72 Å². The van der Waals surface area contributed by atoms with Crippen molar-refractivity contribution < 1.29 is 23.1 Å². The van der Waals surface area contributed by atoms with Gasteiger partial charge in [0.25, 0.3) is 0 Å². The molecule has 1 rings (SSSR count). The molecule has 24 heavy (non-hydrogen) atoms. The van der Waals surface area contributed by atoms with E-state index in [1.54, 1.807) is 0 Å². The van der Waals surface area contributed by atoms with Gasteiger partial charge < -0.3 is 15.2 Å². The lowest BCUT2D eigenvalue weighted by atomic mass is 10.1. The Labute approximate surface area is 143 Å². The zero-order valence-electron chi connectivity index (χ0n) is 14.5. The van der Waals surface area contributed by atoms with Gasteiger partial charge in [0.05, 0.1) is 16.6 Å². The summed E-state index contributed by atoms with van der Waals surface area (Å²) in [5, 5.41) is 12.3. The van der Waals surface area contributed by atoms with Crippen LogP contribution in [-0.4, -0.2) is 44.8 Å². The van der Waals surface area contributed by atoms with Crippen LogP contribution in [0.15, 0.2) is 23.1 Å². The molecule has 0 saturated carbocycles. The molecular weight excluding hydrogens is 332 g/mol. The summed E-state index contributed by atoms with van der Waals surface area (Å²) in [6.45, 7) is 8.24. The number of carbonyl (C=O) groups is 1. The first kappa shape index (κ1) is 20.4. The van der Waals surface area contributed by atoms with Crippen LogP contribution in [0.5, 0.6) is 0 Å². The molecule has 0 saturated heterocycles. The first-order valence-corrected chi connectivity index (χ1v) is 9.37. The largest absolute Gasteiger partial charge is 0.478 e. The van der Waals surface area contributed by atoms with Crippen LogP contribution in [0, 0.1) is 0 Å². The first-order chi connectivity index (χ1) is 11.1. The average molecular weight is 358 g/mol. The number of hydrogen-bond donors (Lipinski definition) is 3. The molecule has 3 N–H and O–H groups in total. The summed E-state index contributed by atoms with van der Waals surface area (Å²) in [6.07, 6.45) is 0.636. The van der Waals surface area contributed by atoms with Crippen molar-refractivity contribution in [3.63, 3.8) is 0 Å². The Morgan fingerprint density at radius 2 is 1.92 bits per heavy atom. The maximum absolute atomic E-state index is 12.3. The number of aromatic carboxylic acids is 1. The minimum absolute atomic E-state index is 0.0321. The van der Waals surface area contributed by atoms with Crippen molar-refractivity contribution in [3.8, 4) is 0 Å². The third-order valence-electron chi connectivity index (χ3n) is 3.04. The Balaban J connectivity index is 2.84. The molecule has 0 aromatic heterocycles. The van der Waals surface area contributed by atoms with E-state index in [0.29, 0.717) is 18.7 Å². The molecule has 0 bridgehead atoms. The van der Waals surface area contributed by atoms with Crippen LogP contribution in [0.4, 0.5) is 5.69 Å². The van der Waals surface area contributed by atoms with E-state index >= 15 is 0 Å². The molecule has 1 aromatic rings. The van der Waals surface area contributed by atoms with Gasteiger partial charge in [-0.1, -0.05) is 0 Å². The highest BCUT2D eigenvalue weighted by atomic mass is 32.2. The number of carboxylic acid groups (broad SMARTS) is 1. The highest BCUT2D eigenvalue weighted by molar-refractivity contribution is 7.89. The van der Waals surface area contributed by atoms with Crippen LogP contribution in [0.1, 0.15) is 44.5 Å². The topological polar surface area (TPSA) is 105 Å². The van der Waals surface area contributed by atoms with Gasteiger partial charge in [0.15, 0.2) is 0 Å². The fourth-order valence-electron chi connectivity index (χ4n) is 1.99. The molecule has 8 heteroatoms. The average Bonchev–Trinajstić information content (AvgIpc) is 2.45. The molecule has 0 heterocycles. The third-order valence-corrected chi connectivity index (χ3v) is 4.50. The second kappa shape index (κ2) is 9.00. The van der Waals surface area contributed by atoms with Gasteiger partial charge in [-0.05, 0) is 52.3 Å². The van der Waals surface area contributed by atoms with Crippen molar-refractivity contribution in [1.29, 1.82) is 0 Å². The minimum Gasteiger partial charge on any atom is -0.478 e. The van der Waals surface area contributed by atoms with E-state index in [9.17, 15) is 18.3 Å². The lowest BCUT2D eigenvalue weighted by molar-refractivity contribution is 0.0697. The fraction of sp³-hybridized carbons (Fsp3) is 0.562. The van der Waals surface area contributed by atoms with Crippen LogP contribution in [0.3, 0.4) is 0 Å². The number of hydrogen-bond acceptors (Lipinski definition) is 5. The third kappa shape index (κ3) is 6.46. The van der Waals surface area contributed by atoms with Gasteiger partial charge in [-0.15, -0.1) is 0 Å². The van der Waals surface area contributed by atoms with Crippen LogP contribution in [-0.2, 0) is 14.8 Å². The second-order valence-electron chi connectivity index (χ2n) is 5.98. The predicted octanol–water partition coefficient (Wildman–Crippen LogP) is 2.30. The van der Waals surface area contributed by atoms with Gasteiger partial charge in [-0.25, -0.2) is 17.9 Å². The van der Waals surface area contributed by atoms with Crippen molar-refractivity contribution in [2.24, 2.45) is 0 Å². The van der Waals surface area contributed by atoms with E-state index in [4.69, 9.17) is 4.74 Å². The van der Waals surface area contributed by atoms with E-state index in [1.165, 1.54) is 18.2 Å². The SMILES string of the molecule is CC(C)Nc1ccc(S(=O)(=O)NCCCOC(C)C)cc1C(=O)O. The molecule has 0 radical (unpaired) electrons. The number of sulfonamides is 1. The van der Waals surface area contributed by atoms with Gasteiger partial charge in [0.1, 0.15) is 0 Å². The summed E-state index contributed by atoms with van der Waals surface area (Å²) in [5.41, 5.74) is 0.316. The standard InChI is InChI=1S/C16H26N2O5S/c1-11(2)18-15-7-6-13(10-14(15)16(19)20)24(21,22)17-8-5-9-23-12(3)4/h6-7,10-12,17-18H,5,8-9H2,1-4H3,(H,19,20). The second-order valence-corrected chi connectivity index (χ2v) is 7.75. The van der Waals surface area contributed by atoms with Crippen molar-refractivity contribution in [2.75, 3.05) is 18.5 Å². The van der Waals surface area contributed by atoms with Gasteiger partial charge >= 0.3 is 5.97 Å². The maximum Gasteiger partial charge on any atom is 0.337 e. The van der Waals surface area contributed by atoms with Crippen molar-refractivity contribution in [3.05, 3.63) is 23.8 Å². The number of anilines is 1. The molecule has 1 aromatic carbocycles. The molecule has 136 valence electrons. The Hall–Kier alpha value is -1.64. The monoisotopic (exact) mass is 358 g/mol. The molecule has 0 aliphatic rings. The minimum atomic E-state index is -3.76. The summed E-state index contributed by atoms with van der Waals surface area (Å²) < 4.78 is 32.3. The summed E-state index contributed by atoms with van der Waals surface area (Å²) in [5.74, 6) is -1.18. The van der Waals surface area contributed by atoms with Crippen molar-refractivity contribution >= 4 is 21.7 Å². The molecule has 0 fully saturated rings. The quantitative estimate of drug-likeness (QED) is 0.554. The predicted molar refractivity (Wildman–Crippen MR) is 93.1 cm³/mol. The van der Waals surface area contributed by atoms with E-state index < -0.39 is 16.0 Å². The Bertz CT molecular complexity index is 656. The number of ether oxygens (including phenoxy) is 1. The Morgan fingerprint density at radius 1 is 1.25 bits per heavy atom. The summed E-state index contributed by atoms with van der Waals surface area (Å²) >= 11 is 0. The molecule has 0 spiro atoms. The van der Waals surface area contributed by atoms with E-state index in [2.05, 4.69) is 10.0 Å². The first-order valence-electron chi connectivity index (χ1n) is 7.88. The molecule has 0 aliphatic carbocycles. The molecule has 0 amide bonds. The highest BCUT2D eigenvalue weighted by Crippen LogP contribution is 2.21. The van der Waals surface area contributed by atoms with Crippen LogP contribution in [0.2, 0.25) is 0 Å². The number of rotatable bonds is 10. The molecular formula is C16H26N2O5S. The van der Waals surface area contributed by atoms with Crippen LogP contribution in [0.25, 0.3) is 0 Å². The molecule has 0 atom stereocenters. The molecule has 0 unspecified atom stereocenters. The molecule has 0 aliphatic heterocycles. The normalized spacial score (nSPS) is 11.9. The smallest absolute Gasteiger partial charge is 0.337 e. The zero-order valence-corrected chi connectivity index (χ0v) is 15.3.